The fourth-order valence-corrected chi connectivity index (χ4v) is 3.57. The highest BCUT2D eigenvalue weighted by Crippen LogP contribution is 2.41. The third kappa shape index (κ3) is 3.08. The Kier molecular flexibility index (Phi) is 4.91. The number of hydrogen-bond acceptors (Lipinski definition) is 2. The molecule has 0 atom stereocenters. The molecule has 1 fully saturated rings. The van der Waals surface area contributed by atoms with Crippen LogP contribution in [0.25, 0.3) is 0 Å². The van der Waals surface area contributed by atoms with Crippen molar-refractivity contribution in [3.05, 3.63) is 71.8 Å². The molecule has 0 unspecified atom stereocenters. The summed E-state index contributed by atoms with van der Waals surface area (Å²) in [7, 11) is 0. The fraction of sp³-hybridized carbons (Fsp3) is 0.400. The average Bonchev–Trinajstić information content (AvgIpc) is 2.62. The van der Waals surface area contributed by atoms with Gasteiger partial charge in [-0.1, -0.05) is 67.6 Å². The SMILES string of the molecule is CCCNN1CCC(c2ccccc2)(c2ccccc2)CC1. The minimum atomic E-state index is 0.160. The Labute approximate surface area is 134 Å². The highest BCUT2D eigenvalue weighted by molar-refractivity contribution is 5.39. The normalized spacial score (nSPS) is 18.2. The van der Waals surface area contributed by atoms with E-state index < -0.39 is 0 Å². The Morgan fingerprint density at radius 2 is 1.36 bits per heavy atom. The number of hydrazine groups is 1. The van der Waals surface area contributed by atoms with E-state index in [2.05, 4.69) is 78.0 Å². The zero-order valence-corrected chi connectivity index (χ0v) is 13.5. The van der Waals surface area contributed by atoms with Crippen molar-refractivity contribution in [3.8, 4) is 0 Å². The van der Waals surface area contributed by atoms with Crippen molar-refractivity contribution >= 4 is 0 Å². The number of rotatable bonds is 5. The third-order valence-electron chi connectivity index (χ3n) is 4.86. The van der Waals surface area contributed by atoms with Crippen LogP contribution in [0.4, 0.5) is 0 Å². The fourth-order valence-electron chi connectivity index (χ4n) is 3.57. The van der Waals surface area contributed by atoms with Crippen LogP contribution in [0.15, 0.2) is 60.7 Å². The standard InChI is InChI=1S/C20H26N2/c1-2-15-21-22-16-13-20(14-17-22,18-9-5-3-6-10-18)19-11-7-4-8-12-19/h3-12,21H,2,13-17H2,1H3. The number of nitrogens with one attached hydrogen (secondary N) is 1. The van der Waals surface area contributed by atoms with Gasteiger partial charge in [-0.25, -0.2) is 5.01 Å². The van der Waals surface area contributed by atoms with Gasteiger partial charge < -0.3 is 0 Å². The van der Waals surface area contributed by atoms with Crippen LogP contribution < -0.4 is 5.43 Å². The minimum Gasteiger partial charge on any atom is -0.255 e. The molecular weight excluding hydrogens is 268 g/mol. The number of piperidine rings is 1. The maximum absolute atomic E-state index is 3.55. The van der Waals surface area contributed by atoms with E-state index in [4.69, 9.17) is 0 Å². The largest absolute Gasteiger partial charge is 0.255 e. The van der Waals surface area contributed by atoms with Crippen molar-refractivity contribution in [2.75, 3.05) is 19.6 Å². The Bertz CT molecular complexity index is 515. The summed E-state index contributed by atoms with van der Waals surface area (Å²) in [5.41, 5.74) is 6.61. The van der Waals surface area contributed by atoms with Gasteiger partial charge in [0.15, 0.2) is 0 Å². The van der Waals surface area contributed by atoms with Crippen LogP contribution in [0.5, 0.6) is 0 Å². The van der Waals surface area contributed by atoms with Gasteiger partial charge in [-0.2, -0.15) is 0 Å². The van der Waals surface area contributed by atoms with Crippen molar-refractivity contribution in [2.24, 2.45) is 0 Å². The summed E-state index contributed by atoms with van der Waals surface area (Å²) >= 11 is 0. The third-order valence-corrected chi connectivity index (χ3v) is 4.86. The molecular formula is C20H26N2. The lowest BCUT2D eigenvalue weighted by Gasteiger charge is -2.43. The lowest BCUT2D eigenvalue weighted by atomic mass is 9.68. The van der Waals surface area contributed by atoms with Gasteiger partial charge >= 0.3 is 0 Å². The summed E-state index contributed by atoms with van der Waals surface area (Å²) in [5.74, 6) is 0. The maximum Gasteiger partial charge on any atom is 0.0228 e. The first-order chi connectivity index (χ1) is 10.8. The summed E-state index contributed by atoms with van der Waals surface area (Å²) in [6.45, 7) is 5.49. The molecule has 1 N–H and O–H groups in total. The molecule has 22 heavy (non-hydrogen) atoms. The number of hydrogen-bond donors (Lipinski definition) is 1. The van der Waals surface area contributed by atoms with E-state index in [0.717, 1.165) is 32.5 Å². The van der Waals surface area contributed by atoms with Crippen LogP contribution in [0.2, 0.25) is 0 Å². The van der Waals surface area contributed by atoms with Crippen LogP contribution in [0.3, 0.4) is 0 Å². The van der Waals surface area contributed by atoms with Crippen molar-refractivity contribution < 1.29 is 0 Å². The molecule has 1 saturated heterocycles. The van der Waals surface area contributed by atoms with Gasteiger partial charge in [-0.3, -0.25) is 5.43 Å². The first-order valence-corrected chi connectivity index (χ1v) is 8.45. The molecule has 0 bridgehead atoms. The average molecular weight is 294 g/mol. The first-order valence-electron chi connectivity index (χ1n) is 8.45. The summed E-state index contributed by atoms with van der Waals surface area (Å²) < 4.78 is 0. The molecule has 3 rings (SSSR count). The Morgan fingerprint density at radius 3 is 1.82 bits per heavy atom. The summed E-state index contributed by atoms with van der Waals surface area (Å²) in [6, 6.07) is 22.1. The molecule has 1 aliphatic heterocycles. The van der Waals surface area contributed by atoms with Crippen molar-refractivity contribution in [1.29, 1.82) is 0 Å². The predicted octanol–water partition coefficient (Wildman–Crippen LogP) is 3.98. The van der Waals surface area contributed by atoms with Gasteiger partial charge in [0, 0.05) is 25.0 Å². The van der Waals surface area contributed by atoms with Gasteiger partial charge in [0.2, 0.25) is 0 Å². The molecule has 0 spiro atoms. The molecule has 1 heterocycles. The molecule has 0 aromatic heterocycles. The van der Waals surface area contributed by atoms with Crippen LogP contribution in [-0.4, -0.2) is 24.6 Å². The van der Waals surface area contributed by atoms with Crippen molar-refractivity contribution in [2.45, 2.75) is 31.6 Å². The second-order valence-electron chi connectivity index (χ2n) is 6.21. The van der Waals surface area contributed by atoms with E-state index >= 15 is 0 Å². The second kappa shape index (κ2) is 7.08. The topological polar surface area (TPSA) is 15.3 Å². The minimum absolute atomic E-state index is 0.160. The van der Waals surface area contributed by atoms with Crippen LogP contribution in [0.1, 0.15) is 37.3 Å². The summed E-state index contributed by atoms with van der Waals surface area (Å²) in [4.78, 5) is 0. The Morgan fingerprint density at radius 1 is 0.864 bits per heavy atom. The molecule has 1 aliphatic rings. The summed E-state index contributed by atoms with van der Waals surface area (Å²) in [6.07, 6.45) is 3.51. The number of nitrogens with zero attached hydrogens (tertiary/aromatic N) is 1. The molecule has 0 aliphatic carbocycles. The smallest absolute Gasteiger partial charge is 0.0228 e. The van der Waals surface area contributed by atoms with Crippen LogP contribution >= 0.6 is 0 Å². The van der Waals surface area contributed by atoms with Crippen molar-refractivity contribution in [3.63, 3.8) is 0 Å². The lowest BCUT2D eigenvalue weighted by molar-refractivity contribution is 0.121. The quantitative estimate of drug-likeness (QED) is 0.897. The molecule has 116 valence electrons. The number of benzene rings is 2. The van der Waals surface area contributed by atoms with Gasteiger partial charge in [0.05, 0.1) is 0 Å². The van der Waals surface area contributed by atoms with E-state index in [1.54, 1.807) is 0 Å². The van der Waals surface area contributed by atoms with E-state index in [0.29, 0.717) is 0 Å². The monoisotopic (exact) mass is 294 g/mol. The Balaban J connectivity index is 1.87. The zero-order valence-electron chi connectivity index (χ0n) is 13.5. The van der Waals surface area contributed by atoms with Gasteiger partial charge in [0.1, 0.15) is 0 Å². The highest BCUT2D eigenvalue weighted by Gasteiger charge is 2.37. The zero-order chi connectivity index (χ0) is 15.3. The second-order valence-corrected chi connectivity index (χ2v) is 6.21. The van der Waals surface area contributed by atoms with Crippen LogP contribution in [-0.2, 0) is 5.41 Å². The van der Waals surface area contributed by atoms with E-state index in [1.807, 2.05) is 0 Å². The van der Waals surface area contributed by atoms with Gasteiger partial charge in [-0.15, -0.1) is 0 Å². The van der Waals surface area contributed by atoms with E-state index in [-0.39, 0.29) is 5.41 Å². The summed E-state index contributed by atoms with van der Waals surface area (Å²) in [5, 5.41) is 2.40. The van der Waals surface area contributed by atoms with E-state index in [9.17, 15) is 0 Å². The Hall–Kier alpha value is -1.64. The predicted molar refractivity (Wildman–Crippen MR) is 92.8 cm³/mol. The van der Waals surface area contributed by atoms with Crippen molar-refractivity contribution in [1.82, 2.24) is 10.4 Å². The molecule has 2 aromatic rings. The molecule has 2 heteroatoms. The molecule has 0 radical (unpaired) electrons. The van der Waals surface area contributed by atoms with Crippen LogP contribution in [0, 0.1) is 0 Å². The maximum atomic E-state index is 3.55. The molecule has 0 amide bonds. The molecule has 2 nitrogen and oxygen atoms in total. The van der Waals surface area contributed by atoms with E-state index in [1.165, 1.54) is 17.5 Å². The first kappa shape index (κ1) is 15.3. The van der Waals surface area contributed by atoms with Gasteiger partial charge in [0.25, 0.3) is 0 Å². The molecule has 0 saturated carbocycles. The molecule has 2 aromatic carbocycles. The lowest BCUT2D eigenvalue weighted by Crippen LogP contribution is -2.49. The highest BCUT2D eigenvalue weighted by atomic mass is 15.5. The van der Waals surface area contributed by atoms with Gasteiger partial charge in [-0.05, 0) is 30.4 Å².